The summed E-state index contributed by atoms with van der Waals surface area (Å²) in [6, 6.07) is 4.30. The summed E-state index contributed by atoms with van der Waals surface area (Å²) in [6.07, 6.45) is 3.54. The van der Waals surface area contributed by atoms with Crippen LogP contribution in [0, 0.1) is 18.2 Å². The minimum Gasteiger partial charge on any atom is -0.384 e. The van der Waals surface area contributed by atoms with Crippen molar-refractivity contribution in [1.29, 1.82) is 5.41 Å². The molecule has 4 nitrogen and oxygen atoms in total. The van der Waals surface area contributed by atoms with Gasteiger partial charge in [-0.1, -0.05) is 6.07 Å². The molecule has 0 fully saturated rings. The summed E-state index contributed by atoms with van der Waals surface area (Å²) in [5, 5.41) is 7.44. The molecule has 1 aromatic heterocycles. The number of halogens is 1. The van der Waals surface area contributed by atoms with Crippen LogP contribution in [0.2, 0.25) is 0 Å². The number of rotatable bonds is 3. The number of nitrogens with zero attached hydrogens (tertiary/aromatic N) is 2. The zero-order chi connectivity index (χ0) is 12.4. The fourth-order valence-electron chi connectivity index (χ4n) is 1.69. The van der Waals surface area contributed by atoms with Crippen molar-refractivity contribution in [2.75, 3.05) is 0 Å². The first kappa shape index (κ1) is 11.3. The fourth-order valence-corrected chi connectivity index (χ4v) is 1.69. The fraction of sp³-hybridized carbons (Fsp3) is 0.167. The van der Waals surface area contributed by atoms with Gasteiger partial charge in [-0.3, -0.25) is 5.41 Å². The molecule has 0 aliphatic carbocycles. The molecule has 0 aliphatic heterocycles. The number of benzene rings is 1. The number of imidazole rings is 1. The number of nitrogen functional groups attached to an aromatic ring is 1. The Bertz CT molecular complexity index is 559. The van der Waals surface area contributed by atoms with Gasteiger partial charge < -0.3 is 10.3 Å². The topological polar surface area (TPSA) is 67.7 Å². The molecule has 2 rings (SSSR count). The van der Waals surface area contributed by atoms with Crippen LogP contribution in [0.3, 0.4) is 0 Å². The zero-order valence-corrected chi connectivity index (χ0v) is 9.44. The van der Waals surface area contributed by atoms with Crippen molar-refractivity contribution in [3.05, 3.63) is 53.4 Å². The molecular weight excluding hydrogens is 219 g/mol. The zero-order valence-electron chi connectivity index (χ0n) is 9.44. The van der Waals surface area contributed by atoms with Gasteiger partial charge in [-0.2, -0.15) is 0 Å². The molecule has 0 radical (unpaired) electrons. The van der Waals surface area contributed by atoms with Gasteiger partial charge in [0.25, 0.3) is 0 Å². The van der Waals surface area contributed by atoms with E-state index in [-0.39, 0.29) is 11.7 Å². The molecular formula is C12H13FN4. The Kier molecular flexibility index (Phi) is 2.91. The number of aromatic nitrogens is 2. The van der Waals surface area contributed by atoms with E-state index in [1.54, 1.807) is 12.3 Å². The minimum absolute atomic E-state index is 0.128. The third kappa shape index (κ3) is 2.33. The number of aryl methyl sites for hydroxylation is 1. The van der Waals surface area contributed by atoms with Crippen LogP contribution >= 0.6 is 0 Å². The smallest absolute Gasteiger partial charge is 0.123 e. The highest BCUT2D eigenvalue weighted by molar-refractivity contribution is 5.96. The summed E-state index contributed by atoms with van der Waals surface area (Å²) >= 11 is 0. The van der Waals surface area contributed by atoms with Crippen LogP contribution in [-0.4, -0.2) is 15.4 Å². The molecule has 0 bridgehead atoms. The van der Waals surface area contributed by atoms with Crippen molar-refractivity contribution in [3.63, 3.8) is 0 Å². The molecule has 0 atom stereocenters. The number of nitrogens with two attached hydrogens (primary N) is 1. The van der Waals surface area contributed by atoms with Crippen LogP contribution in [0.25, 0.3) is 0 Å². The monoisotopic (exact) mass is 232 g/mol. The lowest BCUT2D eigenvalue weighted by atomic mass is 10.1. The van der Waals surface area contributed by atoms with E-state index in [0.717, 1.165) is 11.4 Å². The molecule has 0 amide bonds. The summed E-state index contributed by atoms with van der Waals surface area (Å²) < 4.78 is 15.0. The summed E-state index contributed by atoms with van der Waals surface area (Å²) in [5.41, 5.74) is 6.68. The number of hydrogen-bond acceptors (Lipinski definition) is 2. The molecule has 1 heterocycles. The highest BCUT2D eigenvalue weighted by Crippen LogP contribution is 2.13. The molecule has 88 valence electrons. The largest absolute Gasteiger partial charge is 0.384 e. The molecule has 3 N–H and O–H groups in total. The summed E-state index contributed by atoms with van der Waals surface area (Å²) in [4.78, 5) is 4.11. The van der Waals surface area contributed by atoms with Gasteiger partial charge in [-0.25, -0.2) is 9.37 Å². The SMILES string of the molecule is Cc1nccn1Cc1ccc(F)cc1C(=N)N. The number of amidine groups is 1. The third-order valence-electron chi connectivity index (χ3n) is 2.63. The van der Waals surface area contributed by atoms with E-state index >= 15 is 0 Å². The first-order valence-corrected chi connectivity index (χ1v) is 5.18. The van der Waals surface area contributed by atoms with Crippen LogP contribution < -0.4 is 5.73 Å². The Hall–Kier alpha value is -2.17. The quantitative estimate of drug-likeness (QED) is 0.624. The summed E-state index contributed by atoms with van der Waals surface area (Å²) in [7, 11) is 0. The van der Waals surface area contributed by atoms with E-state index < -0.39 is 0 Å². The van der Waals surface area contributed by atoms with Crippen molar-refractivity contribution < 1.29 is 4.39 Å². The van der Waals surface area contributed by atoms with E-state index in [9.17, 15) is 4.39 Å². The second-order valence-corrected chi connectivity index (χ2v) is 3.82. The van der Waals surface area contributed by atoms with Crippen molar-refractivity contribution in [3.8, 4) is 0 Å². The van der Waals surface area contributed by atoms with Crippen molar-refractivity contribution in [2.24, 2.45) is 5.73 Å². The van der Waals surface area contributed by atoms with Gasteiger partial charge in [0, 0.05) is 24.5 Å². The molecule has 0 unspecified atom stereocenters. The van der Waals surface area contributed by atoms with Crippen LogP contribution in [0.5, 0.6) is 0 Å². The van der Waals surface area contributed by atoms with Gasteiger partial charge in [0.15, 0.2) is 0 Å². The lowest BCUT2D eigenvalue weighted by molar-refractivity contribution is 0.625. The van der Waals surface area contributed by atoms with Crippen molar-refractivity contribution in [1.82, 2.24) is 9.55 Å². The van der Waals surface area contributed by atoms with E-state index in [1.807, 2.05) is 17.7 Å². The van der Waals surface area contributed by atoms with E-state index in [0.29, 0.717) is 12.1 Å². The molecule has 0 spiro atoms. The minimum atomic E-state index is -0.388. The van der Waals surface area contributed by atoms with Gasteiger partial charge >= 0.3 is 0 Å². The second-order valence-electron chi connectivity index (χ2n) is 3.82. The van der Waals surface area contributed by atoms with Gasteiger partial charge in [-0.15, -0.1) is 0 Å². The molecule has 0 aliphatic rings. The molecule has 0 saturated carbocycles. The summed E-state index contributed by atoms with van der Waals surface area (Å²) in [5.74, 6) is 0.349. The maximum Gasteiger partial charge on any atom is 0.123 e. The van der Waals surface area contributed by atoms with E-state index in [4.69, 9.17) is 11.1 Å². The second kappa shape index (κ2) is 4.37. The first-order chi connectivity index (χ1) is 8.08. The lowest BCUT2D eigenvalue weighted by Gasteiger charge is -2.10. The van der Waals surface area contributed by atoms with Gasteiger partial charge in [0.2, 0.25) is 0 Å². The summed E-state index contributed by atoms with van der Waals surface area (Å²) in [6.45, 7) is 2.41. The Balaban J connectivity index is 2.39. The first-order valence-electron chi connectivity index (χ1n) is 5.18. The van der Waals surface area contributed by atoms with E-state index in [1.165, 1.54) is 12.1 Å². The molecule has 1 aromatic carbocycles. The van der Waals surface area contributed by atoms with Crippen molar-refractivity contribution >= 4 is 5.84 Å². The molecule has 17 heavy (non-hydrogen) atoms. The maximum absolute atomic E-state index is 13.1. The molecule has 0 saturated heterocycles. The third-order valence-corrected chi connectivity index (χ3v) is 2.63. The van der Waals surface area contributed by atoms with Crippen LogP contribution in [0.4, 0.5) is 4.39 Å². The number of hydrogen-bond donors (Lipinski definition) is 2. The molecule has 2 aromatic rings. The van der Waals surface area contributed by atoms with Crippen LogP contribution in [0.1, 0.15) is 17.0 Å². The predicted molar refractivity (Wildman–Crippen MR) is 63.5 cm³/mol. The Morgan fingerprint density at radius 2 is 2.29 bits per heavy atom. The normalized spacial score (nSPS) is 10.5. The standard InChI is InChI=1S/C12H13FN4/c1-8-16-4-5-17(8)7-9-2-3-10(13)6-11(9)12(14)15/h2-6H,7H2,1H3,(H3,14,15). The van der Waals surface area contributed by atoms with Gasteiger partial charge in [0.05, 0.1) is 0 Å². The highest BCUT2D eigenvalue weighted by atomic mass is 19.1. The van der Waals surface area contributed by atoms with Crippen molar-refractivity contribution in [2.45, 2.75) is 13.5 Å². The average molecular weight is 232 g/mol. The predicted octanol–water partition coefficient (Wildman–Crippen LogP) is 1.66. The van der Waals surface area contributed by atoms with Gasteiger partial charge in [-0.05, 0) is 24.6 Å². The number of nitrogens with one attached hydrogen (secondary N) is 1. The Labute approximate surface area is 98.4 Å². The van der Waals surface area contributed by atoms with E-state index in [2.05, 4.69) is 4.98 Å². The van der Waals surface area contributed by atoms with Gasteiger partial charge in [0.1, 0.15) is 17.5 Å². The maximum atomic E-state index is 13.1. The lowest BCUT2D eigenvalue weighted by Crippen LogP contribution is -2.16. The Morgan fingerprint density at radius 3 is 2.88 bits per heavy atom. The molecule has 5 heteroatoms. The van der Waals surface area contributed by atoms with Crippen LogP contribution in [0.15, 0.2) is 30.6 Å². The highest BCUT2D eigenvalue weighted by Gasteiger charge is 2.08. The van der Waals surface area contributed by atoms with Crippen LogP contribution in [-0.2, 0) is 6.54 Å². The Morgan fingerprint density at radius 1 is 1.53 bits per heavy atom. The average Bonchev–Trinajstić information content (AvgIpc) is 2.67.